The van der Waals surface area contributed by atoms with E-state index in [1.807, 2.05) is 0 Å². The average molecular weight is 188 g/mol. The van der Waals surface area contributed by atoms with Crippen LogP contribution in [0.15, 0.2) is 0 Å². The van der Waals surface area contributed by atoms with Crippen molar-refractivity contribution in [2.24, 2.45) is 0 Å². The number of rotatable bonds is 4. The minimum Gasteiger partial charge on any atom is -0.285 e. The smallest absolute Gasteiger partial charge is 0.268 e. The minimum atomic E-state index is -4.17. The van der Waals surface area contributed by atoms with Gasteiger partial charge in [0.1, 0.15) is 5.25 Å². The lowest BCUT2D eigenvalue weighted by Gasteiger charge is -2.06. The summed E-state index contributed by atoms with van der Waals surface area (Å²) in [6.07, 6.45) is -0.254. The van der Waals surface area contributed by atoms with Gasteiger partial charge in [-0.15, -0.1) is 0 Å². The maximum atomic E-state index is 10.5. The van der Waals surface area contributed by atoms with Crippen molar-refractivity contribution in [3.8, 4) is 12.1 Å². The highest BCUT2D eigenvalue weighted by atomic mass is 32.2. The highest BCUT2D eigenvalue weighted by Gasteiger charge is 2.21. The topological polar surface area (TPSA) is 102 Å². The van der Waals surface area contributed by atoms with E-state index in [9.17, 15) is 8.42 Å². The molecule has 0 spiro atoms. The molecule has 0 aliphatic carbocycles. The zero-order chi connectivity index (χ0) is 9.61. The molecule has 0 aromatic rings. The van der Waals surface area contributed by atoms with E-state index in [1.165, 1.54) is 0 Å². The van der Waals surface area contributed by atoms with Crippen LogP contribution in [0.25, 0.3) is 0 Å². The molecule has 0 fully saturated rings. The van der Waals surface area contributed by atoms with Gasteiger partial charge in [0.25, 0.3) is 10.1 Å². The summed E-state index contributed by atoms with van der Waals surface area (Å²) in [5.74, 6) is 0. The molecule has 1 unspecified atom stereocenters. The van der Waals surface area contributed by atoms with Crippen molar-refractivity contribution in [2.75, 3.05) is 0 Å². The molecule has 0 amide bonds. The van der Waals surface area contributed by atoms with Gasteiger partial charge in [-0.2, -0.15) is 18.9 Å². The first-order chi connectivity index (χ1) is 5.52. The van der Waals surface area contributed by atoms with Gasteiger partial charge in [0.15, 0.2) is 0 Å². The Morgan fingerprint density at radius 2 is 1.92 bits per heavy atom. The van der Waals surface area contributed by atoms with Gasteiger partial charge in [-0.3, -0.25) is 4.55 Å². The molecule has 1 atom stereocenters. The van der Waals surface area contributed by atoms with Crippen LogP contribution in [-0.2, 0) is 10.1 Å². The first-order valence-electron chi connectivity index (χ1n) is 3.22. The summed E-state index contributed by atoms with van der Waals surface area (Å²) in [5.41, 5.74) is 0. The van der Waals surface area contributed by atoms with E-state index in [4.69, 9.17) is 15.1 Å². The monoisotopic (exact) mass is 188 g/mol. The largest absolute Gasteiger partial charge is 0.285 e. The lowest BCUT2D eigenvalue weighted by atomic mass is 10.2. The van der Waals surface area contributed by atoms with E-state index in [0.717, 1.165) is 0 Å². The van der Waals surface area contributed by atoms with Crippen LogP contribution >= 0.6 is 0 Å². The first-order valence-corrected chi connectivity index (χ1v) is 4.73. The van der Waals surface area contributed by atoms with Gasteiger partial charge in [-0.25, -0.2) is 0 Å². The molecule has 0 bridgehead atoms. The van der Waals surface area contributed by atoms with Gasteiger partial charge >= 0.3 is 0 Å². The molecular formula is C6H8N2O3S. The van der Waals surface area contributed by atoms with Gasteiger partial charge in [-0.05, 0) is 6.42 Å². The predicted molar refractivity (Wildman–Crippen MR) is 40.4 cm³/mol. The number of hydrogen-bond donors (Lipinski definition) is 1. The molecule has 0 saturated carbocycles. The Bertz CT molecular complexity index is 309. The van der Waals surface area contributed by atoms with E-state index in [2.05, 4.69) is 0 Å². The van der Waals surface area contributed by atoms with Crippen LogP contribution in [0.5, 0.6) is 0 Å². The highest BCUT2D eigenvalue weighted by Crippen LogP contribution is 2.10. The second kappa shape index (κ2) is 4.70. The molecule has 0 radical (unpaired) electrons. The second-order valence-electron chi connectivity index (χ2n) is 2.20. The van der Waals surface area contributed by atoms with Crippen LogP contribution in [0.1, 0.15) is 19.3 Å². The number of hydrogen-bond acceptors (Lipinski definition) is 4. The lowest BCUT2D eigenvalue weighted by molar-refractivity contribution is 0.463. The zero-order valence-electron chi connectivity index (χ0n) is 6.27. The standard InChI is InChI=1S/C6H8N2O3S/c7-4-1-2-6(3-5-8)12(9,10)11/h6H,1-3H2,(H,9,10,11). The van der Waals surface area contributed by atoms with E-state index in [0.29, 0.717) is 0 Å². The molecule has 12 heavy (non-hydrogen) atoms. The van der Waals surface area contributed by atoms with Gasteiger partial charge in [0.05, 0.1) is 18.6 Å². The van der Waals surface area contributed by atoms with Crippen molar-refractivity contribution in [3.63, 3.8) is 0 Å². The van der Waals surface area contributed by atoms with Crippen LogP contribution < -0.4 is 0 Å². The van der Waals surface area contributed by atoms with Crippen LogP contribution in [-0.4, -0.2) is 18.2 Å². The van der Waals surface area contributed by atoms with Gasteiger partial charge < -0.3 is 0 Å². The summed E-state index contributed by atoms with van der Waals surface area (Å²) in [4.78, 5) is 0. The van der Waals surface area contributed by atoms with Crippen LogP contribution in [0, 0.1) is 22.7 Å². The van der Waals surface area contributed by atoms with Crippen LogP contribution in [0.3, 0.4) is 0 Å². The Kier molecular flexibility index (Phi) is 4.27. The summed E-state index contributed by atoms with van der Waals surface area (Å²) in [6, 6.07) is 3.38. The third-order valence-corrected chi connectivity index (χ3v) is 2.56. The Hall–Kier alpha value is -1.11. The Labute approximate surface area is 71.0 Å². The van der Waals surface area contributed by atoms with E-state index in [-0.39, 0.29) is 19.3 Å². The number of nitrogens with zero attached hydrogens (tertiary/aromatic N) is 2. The van der Waals surface area contributed by atoms with Gasteiger partial charge in [0.2, 0.25) is 0 Å². The Morgan fingerprint density at radius 3 is 2.25 bits per heavy atom. The fourth-order valence-corrected chi connectivity index (χ4v) is 1.38. The van der Waals surface area contributed by atoms with Crippen molar-refractivity contribution in [1.29, 1.82) is 10.5 Å². The van der Waals surface area contributed by atoms with Crippen molar-refractivity contribution in [1.82, 2.24) is 0 Å². The number of nitriles is 2. The van der Waals surface area contributed by atoms with Crippen molar-refractivity contribution in [3.05, 3.63) is 0 Å². The third kappa shape index (κ3) is 3.91. The minimum absolute atomic E-state index is 0.00287. The molecule has 0 heterocycles. The van der Waals surface area contributed by atoms with Gasteiger partial charge in [0, 0.05) is 6.42 Å². The molecule has 0 saturated heterocycles. The summed E-state index contributed by atoms with van der Waals surface area (Å²) >= 11 is 0. The molecule has 0 aliphatic heterocycles. The maximum Gasteiger partial charge on any atom is 0.268 e. The SMILES string of the molecule is N#CCCC(CC#N)S(=O)(=O)O. The van der Waals surface area contributed by atoms with Crippen molar-refractivity contribution < 1.29 is 13.0 Å². The molecule has 0 rings (SSSR count). The predicted octanol–water partition coefficient (Wildman–Crippen LogP) is 0.460. The first kappa shape index (κ1) is 10.9. The average Bonchev–Trinajstić information content (AvgIpc) is 1.95. The Balaban J connectivity index is 4.29. The van der Waals surface area contributed by atoms with Crippen LogP contribution in [0.4, 0.5) is 0 Å². The van der Waals surface area contributed by atoms with E-state index >= 15 is 0 Å². The summed E-state index contributed by atoms with van der Waals surface area (Å²) in [7, 11) is -4.17. The molecule has 1 N–H and O–H groups in total. The second-order valence-corrected chi connectivity index (χ2v) is 3.89. The normalized spacial score (nSPS) is 12.9. The fourth-order valence-electron chi connectivity index (χ4n) is 0.684. The molecule has 0 aliphatic rings. The highest BCUT2D eigenvalue weighted by molar-refractivity contribution is 7.86. The van der Waals surface area contributed by atoms with Gasteiger partial charge in [-0.1, -0.05) is 0 Å². The lowest BCUT2D eigenvalue weighted by Crippen LogP contribution is -2.19. The Morgan fingerprint density at radius 1 is 1.33 bits per heavy atom. The summed E-state index contributed by atoms with van der Waals surface area (Å²) < 4.78 is 29.6. The summed E-state index contributed by atoms with van der Waals surface area (Å²) in [6.45, 7) is 0. The maximum absolute atomic E-state index is 10.5. The molecule has 5 nitrogen and oxygen atoms in total. The molecule has 6 heteroatoms. The van der Waals surface area contributed by atoms with Crippen molar-refractivity contribution >= 4 is 10.1 Å². The fraction of sp³-hybridized carbons (Fsp3) is 0.667. The molecular weight excluding hydrogens is 180 g/mol. The quantitative estimate of drug-likeness (QED) is 0.645. The zero-order valence-corrected chi connectivity index (χ0v) is 7.08. The molecule has 66 valence electrons. The van der Waals surface area contributed by atoms with Crippen LogP contribution in [0.2, 0.25) is 0 Å². The third-order valence-electron chi connectivity index (χ3n) is 1.32. The van der Waals surface area contributed by atoms with Crippen molar-refractivity contribution in [2.45, 2.75) is 24.5 Å². The van der Waals surface area contributed by atoms with E-state index < -0.39 is 15.4 Å². The molecule has 0 aromatic carbocycles. The summed E-state index contributed by atoms with van der Waals surface area (Å²) in [5, 5.41) is 15.2. The van der Waals surface area contributed by atoms with E-state index in [1.54, 1.807) is 12.1 Å². The molecule has 0 aromatic heterocycles.